The molecule has 1 heterocycles. The molecular weight excluding hydrogens is 333 g/mol. The second kappa shape index (κ2) is 6.24. The van der Waals surface area contributed by atoms with E-state index in [0.717, 1.165) is 4.31 Å². The van der Waals surface area contributed by atoms with Crippen LogP contribution < -0.4 is 4.31 Å². The Balaban J connectivity index is 2.09. The van der Waals surface area contributed by atoms with Crippen molar-refractivity contribution in [3.05, 3.63) is 59.4 Å². The fraction of sp³-hybridized carbons (Fsp3) is 0.235. The van der Waals surface area contributed by atoms with Crippen molar-refractivity contribution < 1.29 is 22.3 Å². The molecular formula is C17H16FNO4S. The molecule has 0 fully saturated rings. The van der Waals surface area contributed by atoms with Crippen LogP contribution in [0.25, 0.3) is 0 Å². The van der Waals surface area contributed by atoms with Crippen LogP contribution in [0.3, 0.4) is 0 Å². The van der Waals surface area contributed by atoms with Crippen LogP contribution in [0.15, 0.2) is 47.4 Å². The molecule has 3 rings (SSSR count). The maximum Gasteiger partial charge on any atom is 0.337 e. The van der Waals surface area contributed by atoms with Gasteiger partial charge in [-0.1, -0.05) is 18.2 Å². The SMILES string of the molecule is COC(=O)c1cccc(S(=O)(=O)N2CCCc3cccc(F)c32)c1. The van der Waals surface area contributed by atoms with E-state index in [2.05, 4.69) is 4.74 Å². The Morgan fingerprint density at radius 2 is 1.96 bits per heavy atom. The van der Waals surface area contributed by atoms with Crippen LogP contribution >= 0.6 is 0 Å². The Kier molecular flexibility index (Phi) is 4.28. The number of benzene rings is 2. The number of ether oxygens (including phenoxy) is 1. The van der Waals surface area contributed by atoms with Crippen molar-refractivity contribution in [3.63, 3.8) is 0 Å². The normalized spacial score (nSPS) is 14.2. The lowest BCUT2D eigenvalue weighted by Crippen LogP contribution is -2.36. The smallest absolute Gasteiger partial charge is 0.337 e. The molecule has 0 amide bonds. The number of anilines is 1. The van der Waals surface area contributed by atoms with Crippen molar-refractivity contribution in [1.29, 1.82) is 0 Å². The van der Waals surface area contributed by atoms with Crippen molar-refractivity contribution in [2.75, 3.05) is 18.0 Å². The van der Waals surface area contributed by atoms with Crippen LogP contribution in [0.4, 0.5) is 10.1 Å². The van der Waals surface area contributed by atoms with Gasteiger partial charge in [0.25, 0.3) is 10.0 Å². The standard InChI is InChI=1S/C17H16FNO4S/c1-23-17(20)13-6-2-8-14(11-13)24(21,22)19-10-4-7-12-5-3-9-15(18)16(12)19/h2-3,5-6,8-9,11H,4,7,10H2,1H3. The molecule has 0 radical (unpaired) electrons. The zero-order chi connectivity index (χ0) is 17.3. The van der Waals surface area contributed by atoms with Gasteiger partial charge in [-0.25, -0.2) is 17.6 Å². The van der Waals surface area contributed by atoms with E-state index in [0.29, 0.717) is 18.4 Å². The molecule has 1 aliphatic rings. The number of rotatable bonds is 3. The first-order chi connectivity index (χ1) is 11.4. The Hall–Kier alpha value is -2.41. The van der Waals surface area contributed by atoms with Gasteiger partial charge in [0, 0.05) is 6.54 Å². The Bertz CT molecular complexity index is 895. The third-order valence-corrected chi connectivity index (χ3v) is 5.77. The van der Waals surface area contributed by atoms with E-state index in [9.17, 15) is 17.6 Å². The molecule has 0 aliphatic carbocycles. The quantitative estimate of drug-likeness (QED) is 0.800. The monoisotopic (exact) mass is 349 g/mol. The van der Waals surface area contributed by atoms with Gasteiger partial charge in [0.15, 0.2) is 0 Å². The number of sulfonamides is 1. The zero-order valence-electron chi connectivity index (χ0n) is 13.0. The minimum Gasteiger partial charge on any atom is -0.465 e. The number of carbonyl (C=O) groups excluding carboxylic acids is 1. The summed E-state index contributed by atoms with van der Waals surface area (Å²) in [5, 5.41) is 0. The minimum atomic E-state index is -3.98. The lowest BCUT2D eigenvalue weighted by Gasteiger charge is -2.30. The highest BCUT2D eigenvalue weighted by molar-refractivity contribution is 7.92. The lowest BCUT2D eigenvalue weighted by atomic mass is 10.0. The highest BCUT2D eigenvalue weighted by Crippen LogP contribution is 2.34. The summed E-state index contributed by atoms with van der Waals surface area (Å²) in [5.74, 6) is -1.20. The molecule has 7 heteroatoms. The van der Waals surface area contributed by atoms with Crippen LogP contribution in [0.5, 0.6) is 0 Å². The number of carbonyl (C=O) groups is 1. The van der Waals surface area contributed by atoms with Gasteiger partial charge in [-0.15, -0.1) is 0 Å². The van der Waals surface area contributed by atoms with Crippen molar-refractivity contribution in [1.82, 2.24) is 0 Å². The summed E-state index contributed by atoms with van der Waals surface area (Å²) in [6.45, 7) is 0.193. The zero-order valence-corrected chi connectivity index (χ0v) is 13.8. The van der Waals surface area contributed by atoms with E-state index in [4.69, 9.17) is 0 Å². The molecule has 0 saturated heterocycles. The minimum absolute atomic E-state index is 0.0681. The predicted octanol–water partition coefficient (Wildman–Crippen LogP) is 2.75. The van der Waals surface area contributed by atoms with Gasteiger partial charge in [-0.05, 0) is 42.7 Å². The summed E-state index contributed by atoms with van der Waals surface area (Å²) in [5.41, 5.74) is 0.880. The summed E-state index contributed by atoms with van der Waals surface area (Å²) in [7, 11) is -2.75. The summed E-state index contributed by atoms with van der Waals surface area (Å²) < 4.78 is 45.9. The van der Waals surface area contributed by atoms with Crippen LogP contribution in [-0.2, 0) is 21.2 Å². The topological polar surface area (TPSA) is 63.7 Å². The lowest BCUT2D eigenvalue weighted by molar-refractivity contribution is 0.0600. The van der Waals surface area contributed by atoms with Crippen molar-refractivity contribution >= 4 is 21.7 Å². The van der Waals surface area contributed by atoms with Crippen LogP contribution in [-0.4, -0.2) is 28.0 Å². The van der Waals surface area contributed by atoms with E-state index >= 15 is 0 Å². The second-order valence-electron chi connectivity index (χ2n) is 5.45. The fourth-order valence-electron chi connectivity index (χ4n) is 2.83. The maximum absolute atomic E-state index is 14.2. The molecule has 1 aliphatic heterocycles. The number of hydrogen-bond donors (Lipinski definition) is 0. The predicted molar refractivity (Wildman–Crippen MR) is 87.0 cm³/mol. The Labute approximate surface area is 139 Å². The van der Waals surface area contributed by atoms with E-state index in [1.165, 1.54) is 37.4 Å². The maximum atomic E-state index is 14.2. The average molecular weight is 349 g/mol. The molecule has 0 unspecified atom stereocenters. The number of para-hydroxylation sites is 1. The molecule has 5 nitrogen and oxygen atoms in total. The second-order valence-corrected chi connectivity index (χ2v) is 7.31. The van der Waals surface area contributed by atoms with E-state index < -0.39 is 21.8 Å². The molecule has 0 atom stereocenters. The highest BCUT2D eigenvalue weighted by atomic mass is 32.2. The molecule has 24 heavy (non-hydrogen) atoms. The molecule has 2 aromatic rings. The molecule has 0 bridgehead atoms. The number of hydrogen-bond acceptors (Lipinski definition) is 4. The number of nitrogens with zero attached hydrogens (tertiary/aromatic N) is 1. The third kappa shape index (κ3) is 2.75. The van der Waals surface area contributed by atoms with Gasteiger partial charge in [0.05, 0.1) is 23.3 Å². The Morgan fingerprint density at radius 1 is 1.21 bits per heavy atom. The van der Waals surface area contributed by atoms with Gasteiger partial charge in [-0.3, -0.25) is 4.31 Å². The van der Waals surface area contributed by atoms with E-state index in [-0.39, 0.29) is 22.7 Å². The largest absolute Gasteiger partial charge is 0.465 e. The van der Waals surface area contributed by atoms with Gasteiger partial charge in [0.1, 0.15) is 5.82 Å². The van der Waals surface area contributed by atoms with Gasteiger partial charge in [-0.2, -0.15) is 0 Å². The molecule has 0 aromatic heterocycles. The fourth-order valence-corrected chi connectivity index (χ4v) is 4.43. The third-order valence-electron chi connectivity index (χ3n) is 3.97. The first-order valence-corrected chi connectivity index (χ1v) is 8.87. The summed E-state index contributed by atoms with van der Waals surface area (Å²) in [6.07, 6.45) is 1.23. The molecule has 126 valence electrons. The Morgan fingerprint density at radius 3 is 2.71 bits per heavy atom. The highest BCUT2D eigenvalue weighted by Gasteiger charge is 2.31. The van der Waals surface area contributed by atoms with Crippen molar-refractivity contribution in [3.8, 4) is 0 Å². The van der Waals surface area contributed by atoms with Crippen LogP contribution in [0.2, 0.25) is 0 Å². The number of methoxy groups -OCH3 is 1. The van der Waals surface area contributed by atoms with E-state index in [1.54, 1.807) is 12.1 Å². The van der Waals surface area contributed by atoms with Crippen molar-refractivity contribution in [2.24, 2.45) is 0 Å². The molecule has 0 saturated carbocycles. The van der Waals surface area contributed by atoms with Gasteiger partial charge >= 0.3 is 5.97 Å². The van der Waals surface area contributed by atoms with Gasteiger partial charge < -0.3 is 4.74 Å². The first kappa shape index (κ1) is 16.4. The number of esters is 1. The van der Waals surface area contributed by atoms with Crippen LogP contribution in [0, 0.1) is 5.82 Å². The van der Waals surface area contributed by atoms with Gasteiger partial charge in [0.2, 0.25) is 0 Å². The average Bonchev–Trinajstić information content (AvgIpc) is 2.61. The molecule has 2 aromatic carbocycles. The number of aryl methyl sites for hydroxylation is 1. The van der Waals surface area contributed by atoms with E-state index in [1.807, 2.05) is 0 Å². The van der Waals surface area contributed by atoms with Crippen LogP contribution in [0.1, 0.15) is 22.3 Å². The molecule has 0 N–H and O–H groups in total. The first-order valence-electron chi connectivity index (χ1n) is 7.43. The number of halogens is 1. The summed E-state index contributed by atoms with van der Waals surface area (Å²) in [6, 6.07) is 10.1. The number of fused-ring (bicyclic) bond motifs is 1. The summed E-state index contributed by atoms with van der Waals surface area (Å²) >= 11 is 0. The summed E-state index contributed by atoms with van der Waals surface area (Å²) in [4.78, 5) is 11.6. The van der Waals surface area contributed by atoms with Crippen molar-refractivity contribution in [2.45, 2.75) is 17.7 Å². The molecule has 0 spiro atoms.